The Kier molecular flexibility index (Phi) is 4.89. The topological polar surface area (TPSA) is 52.3 Å². The zero-order valence-electron chi connectivity index (χ0n) is 6.52. The number of carbonyl (C=O) groups is 1. The SMILES string of the molecule is COC(=O)[C@H](N)c1ccsc1.Cl. The fraction of sp³-hybridized carbons (Fsp3) is 0.286. The average Bonchev–Trinajstić information content (AvgIpc) is 2.53. The van der Waals surface area contributed by atoms with Crippen molar-refractivity contribution in [2.45, 2.75) is 6.04 Å². The molecule has 1 aromatic rings. The maximum atomic E-state index is 10.9. The summed E-state index contributed by atoms with van der Waals surface area (Å²) >= 11 is 1.51. The van der Waals surface area contributed by atoms with E-state index in [1.165, 1.54) is 18.4 Å². The Morgan fingerprint density at radius 1 is 1.75 bits per heavy atom. The van der Waals surface area contributed by atoms with Gasteiger partial charge in [0, 0.05) is 0 Å². The van der Waals surface area contributed by atoms with Gasteiger partial charge < -0.3 is 10.5 Å². The van der Waals surface area contributed by atoms with Crippen molar-refractivity contribution in [3.8, 4) is 0 Å². The summed E-state index contributed by atoms with van der Waals surface area (Å²) in [6.45, 7) is 0. The van der Waals surface area contributed by atoms with Crippen LogP contribution in [0.25, 0.3) is 0 Å². The Bertz CT molecular complexity index is 238. The number of hydrogen-bond donors (Lipinski definition) is 1. The lowest BCUT2D eigenvalue weighted by Gasteiger charge is -2.05. The Morgan fingerprint density at radius 3 is 2.83 bits per heavy atom. The first kappa shape index (κ1) is 11.4. The predicted molar refractivity (Wildman–Crippen MR) is 50.5 cm³/mol. The zero-order valence-corrected chi connectivity index (χ0v) is 8.15. The number of ether oxygens (including phenoxy) is 1. The minimum absolute atomic E-state index is 0. The summed E-state index contributed by atoms with van der Waals surface area (Å²) in [5.41, 5.74) is 6.33. The normalized spacial score (nSPS) is 11.5. The number of thiophene rings is 1. The Balaban J connectivity index is 0.00000121. The van der Waals surface area contributed by atoms with Crippen molar-refractivity contribution < 1.29 is 9.53 Å². The zero-order chi connectivity index (χ0) is 8.27. The van der Waals surface area contributed by atoms with Crippen molar-refractivity contribution in [1.82, 2.24) is 0 Å². The number of carbonyl (C=O) groups excluding carboxylic acids is 1. The van der Waals surface area contributed by atoms with Gasteiger partial charge in [-0.1, -0.05) is 0 Å². The summed E-state index contributed by atoms with van der Waals surface area (Å²) < 4.78 is 4.48. The number of nitrogens with two attached hydrogens (primary N) is 1. The maximum absolute atomic E-state index is 10.9. The molecule has 1 atom stereocenters. The van der Waals surface area contributed by atoms with Crippen molar-refractivity contribution in [3.63, 3.8) is 0 Å². The molecule has 0 bridgehead atoms. The van der Waals surface area contributed by atoms with Crippen LogP contribution in [0.5, 0.6) is 0 Å². The van der Waals surface area contributed by atoms with Crippen LogP contribution in [0.15, 0.2) is 16.8 Å². The molecule has 12 heavy (non-hydrogen) atoms. The molecule has 1 rings (SSSR count). The van der Waals surface area contributed by atoms with E-state index >= 15 is 0 Å². The summed E-state index contributed by atoms with van der Waals surface area (Å²) in [6.07, 6.45) is 0. The highest BCUT2D eigenvalue weighted by atomic mass is 35.5. The van der Waals surface area contributed by atoms with Gasteiger partial charge in [0.15, 0.2) is 0 Å². The molecule has 0 saturated carbocycles. The Morgan fingerprint density at radius 2 is 2.42 bits per heavy atom. The number of esters is 1. The number of rotatable bonds is 2. The van der Waals surface area contributed by atoms with Gasteiger partial charge >= 0.3 is 5.97 Å². The van der Waals surface area contributed by atoms with Gasteiger partial charge in [0.1, 0.15) is 6.04 Å². The first-order chi connectivity index (χ1) is 5.25. The third kappa shape index (κ3) is 2.48. The van der Waals surface area contributed by atoms with E-state index in [9.17, 15) is 4.79 Å². The quantitative estimate of drug-likeness (QED) is 0.745. The van der Waals surface area contributed by atoms with Gasteiger partial charge in [0.25, 0.3) is 0 Å². The Labute approximate surface area is 80.9 Å². The fourth-order valence-corrected chi connectivity index (χ4v) is 1.41. The molecule has 0 amide bonds. The van der Waals surface area contributed by atoms with E-state index in [2.05, 4.69) is 4.74 Å². The summed E-state index contributed by atoms with van der Waals surface area (Å²) in [7, 11) is 1.33. The molecule has 3 nitrogen and oxygen atoms in total. The molecule has 68 valence electrons. The van der Waals surface area contributed by atoms with Crippen LogP contribution < -0.4 is 5.73 Å². The van der Waals surface area contributed by atoms with Gasteiger partial charge in [-0.2, -0.15) is 11.3 Å². The molecule has 5 heteroatoms. The van der Waals surface area contributed by atoms with E-state index in [-0.39, 0.29) is 12.4 Å². The van der Waals surface area contributed by atoms with Crippen LogP contribution in [0.2, 0.25) is 0 Å². The molecule has 0 aliphatic rings. The van der Waals surface area contributed by atoms with Crippen molar-refractivity contribution in [2.24, 2.45) is 5.73 Å². The summed E-state index contributed by atoms with van der Waals surface area (Å²) in [5, 5.41) is 3.71. The summed E-state index contributed by atoms with van der Waals surface area (Å²) in [6, 6.07) is 1.18. The fourth-order valence-electron chi connectivity index (χ4n) is 0.715. The second-order valence-corrected chi connectivity index (χ2v) is 2.84. The van der Waals surface area contributed by atoms with Gasteiger partial charge in [0.2, 0.25) is 0 Å². The van der Waals surface area contributed by atoms with Gasteiger partial charge in [-0.3, -0.25) is 4.79 Å². The summed E-state index contributed by atoms with van der Waals surface area (Å²) in [5.74, 6) is -0.400. The van der Waals surface area contributed by atoms with Crippen LogP contribution in [-0.4, -0.2) is 13.1 Å². The van der Waals surface area contributed by atoms with Crippen molar-refractivity contribution >= 4 is 29.7 Å². The van der Waals surface area contributed by atoms with E-state index in [1.807, 2.05) is 16.8 Å². The molecule has 0 unspecified atom stereocenters. The van der Waals surface area contributed by atoms with Crippen LogP contribution in [0.3, 0.4) is 0 Å². The molecule has 0 radical (unpaired) electrons. The molecule has 0 aliphatic heterocycles. The highest BCUT2D eigenvalue weighted by molar-refractivity contribution is 7.08. The van der Waals surface area contributed by atoms with Crippen LogP contribution in [0.1, 0.15) is 11.6 Å². The van der Waals surface area contributed by atoms with Gasteiger partial charge in [-0.05, 0) is 22.4 Å². The molecular formula is C7H10ClNO2S. The monoisotopic (exact) mass is 207 g/mol. The molecule has 0 aliphatic carbocycles. The molecule has 0 fully saturated rings. The van der Waals surface area contributed by atoms with Crippen LogP contribution >= 0.6 is 23.7 Å². The van der Waals surface area contributed by atoms with E-state index in [0.29, 0.717) is 0 Å². The molecule has 2 N–H and O–H groups in total. The van der Waals surface area contributed by atoms with Crippen LogP contribution in [0, 0.1) is 0 Å². The standard InChI is InChI=1S/C7H9NO2S.ClH/c1-10-7(9)6(8)5-2-3-11-4-5;/h2-4,6H,8H2,1H3;1H/t6-;/m1./s1. The number of hydrogen-bond acceptors (Lipinski definition) is 4. The van der Waals surface area contributed by atoms with Gasteiger partial charge in [-0.25, -0.2) is 0 Å². The third-order valence-corrected chi connectivity index (χ3v) is 2.06. The predicted octanol–water partition coefficient (Wildman–Crippen LogP) is 1.34. The minimum atomic E-state index is -0.633. The molecule has 0 spiro atoms. The minimum Gasteiger partial charge on any atom is -0.468 e. The molecule has 1 aromatic heterocycles. The number of methoxy groups -OCH3 is 1. The molecular weight excluding hydrogens is 198 g/mol. The first-order valence-corrected chi connectivity index (χ1v) is 4.05. The second-order valence-electron chi connectivity index (χ2n) is 2.06. The second kappa shape index (κ2) is 5.13. The lowest BCUT2D eigenvalue weighted by Crippen LogP contribution is -2.21. The first-order valence-electron chi connectivity index (χ1n) is 3.11. The van der Waals surface area contributed by atoms with Crippen LogP contribution in [0.4, 0.5) is 0 Å². The molecule has 1 heterocycles. The number of halogens is 1. The average molecular weight is 208 g/mol. The molecule has 0 saturated heterocycles. The Hall–Kier alpha value is -0.580. The summed E-state index contributed by atoms with van der Waals surface area (Å²) in [4.78, 5) is 10.9. The van der Waals surface area contributed by atoms with Crippen molar-refractivity contribution in [2.75, 3.05) is 7.11 Å². The van der Waals surface area contributed by atoms with Crippen molar-refractivity contribution in [3.05, 3.63) is 22.4 Å². The molecule has 0 aromatic carbocycles. The van der Waals surface area contributed by atoms with E-state index in [0.717, 1.165) is 5.56 Å². The lowest BCUT2D eigenvalue weighted by atomic mass is 10.2. The van der Waals surface area contributed by atoms with Crippen LogP contribution in [-0.2, 0) is 9.53 Å². The van der Waals surface area contributed by atoms with E-state index < -0.39 is 12.0 Å². The highest BCUT2D eigenvalue weighted by Crippen LogP contribution is 2.14. The lowest BCUT2D eigenvalue weighted by molar-refractivity contribution is -0.142. The maximum Gasteiger partial charge on any atom is 0.327 e. The smallest absolute Gasteiger partial charge is 0.327 e. The van der Waals surface area contributed by atoms with Gasteiger partial charge in [-0.15, -0.1) is 12.4 Å². The van der Waals surface area contributed by atoms with Gasteiger partial charge in [0.05, 0.1) is 7.11 Å². The third-order valence-electron chi connectivity index (χ3n) is 1.36. The largest absolute Gasteiger partial charge is 0.468 e. The van der Waals surface area contributed by atoms with E-state index in [4.69, 9.17) is 5.73 Å². The highest BCUT2D eigenvalue weighted by Gasteiger charge is 2.15. The van der Waals surface area contributed by atoms with Crippen molar-refractivity contribution in [1.29, 1.82) is 0 Å². The van der Waals surface area contributed by atoms with E-state index in [1.54, 1.807) is 0 Å².